The van der Waals surface area contributed by atoms with Gasteiger partial charge in [0.25, 0.3) is 0 Å². The minimum Gasteiger partial charge on any atom is -0.332 e. The number of hydrogen-bond donors (Lipinski definition) is 2. The lowest BCUT2D eigenvalue weighted by Gasteiger charge is -2.22. The van der Waals surface area contributed by atoms with Crippen LogP contribution in [0.1, 0.15) is 5.56 Å². The van der Waals surface area contributed by atoms with Crippen LogP contribution in [-0.2, 0) is 6.18 Å². The van der Waals surface area contributed by atoms with Crippen LogP contribution in [0.3, 0.4) is 0 Å². The third-order valence-corrected chi connectivity index (χ3v) is 4.14. The minimum atomic E-state index is -4.42. The van der Waals surface area contributed by atoms with Crippen LogP contribution in [0.4, 0.5) is 24.7 Å². The average molecular weight is 400 g/mol. The van der Waals surface area contributed by atoms with E-state index in [-0.39, 0.29) is 10.8 Å². The van der Waals surface area contributed by atoms with Crippen LogP contribution in [0.15, 0.2) is 47.6 Å². The maximum absolute atomic E-state index is 12.8. The first-order valence-corrected chi connectivity index (χ1v) is 8.31. The number of anilines is 2. The Kier molecular flexibility index (Phi) is 5.28. The Balaban J connectivity index is 1.72. The molecule has 0 spiro atoms. The summed E-state index contributed by atoms with van der Waals surface area (Å²) in [5.41, 5.74) is -0.508. The van der Waals surface area contributed by atoms with Crippen molar-refractivity contribution in [3.8, 4) is 0 Å². The Morgan fingerprint density at radius 2 is 2.04 bits per heavy atom. The molecule has 10 heteroatoms. The van der Waals surface area contributed by atoms with Crippen LogP contribution >= 0.6 is 23.8 Å². The molecule has 1 aliphatic rings. The number of guanidine groups is 1. The summed E-state index contributed by atoms with van der Waals surface area (Å²) in [7, 11) is 0. The van der Waals surface area contributed by atoms with E-state index < -0.39 is 11.7 Å². The number of hydrogen-bond acceptors (Lipinski definition) is 4. The quantitative estimate of drug-likeness (QED) is 0.740. The zero-order valence-electron chi connectivity index (χ0n) is 13.2. The van der Waals surface area contributed by atoms with Crippen molar-refractivity contribution in [2.45, 2.75) is 6.18 Å². The molecular formula is C16H13ClF3N5S. The van der Waals surface area contributed by atoms with Gasteiger partial charge in [0.1, 0.15) is 0 Å². The van der Waals surface area contributed by atoms with Gasteiger partial charge in [0.2, 0.25) is 5.96 Å². The van der Waals surface area contributed by atoms with Crippen molar-refractivity contribution >= 4 is 46.4 Å². The summed E-state index contributed by atoms with van der Waals surface area (Å²) >= 11 is 11.4. The van der Waals surface area contributed by atoms with Gasteiger partial charge in [-0.2, -0.15) is 13.2 Å². The summed E-state index contributed by atoms with van der Waals surface area (Å²) in [5, 5.41) is 6.43. The third-order valence-electron chi connectivity index (χ3n) is 3.52. The molecule has 5 nitrogen and oxygen atoms in total. The van der Waals surface area contributed by atoms with Crippen molar-refractivity contribution in [2.24, 2.45) is 4.99 Å². The number of aliphatic imine (C=N–C) groups is 1. The fourth-order valence-corrected chi connectivity index (χ4v) is 2.76. The summed E-state index contributed by atoms with van der Waals surface area (Å²) < 4.78 is 38.5. The molecule has 0 unspecified atom stereocenters. The van der Waals surface area contributed by atoms with Gasteiger partial charge in [-0.1, -0.05) is 17.7 Å². The highest BCUT2D eigenvalue weighted by atomic mass is 35.5. The number of halogens is 4. The van der Waals surface area contributed by atoms with Gasteiger partial charge in [-0.25, -0.2) is 4.98 Å². The van der Waals surface area contributed by atoms with Gasteiger partial charge in [-0.05, 0) is 42.5 Å². The van der Waals surface area contributed by atoms with E-state index in [0.717, 1.165) is 12.1 Å². The molecule has 0 aliphatic carbocycles. The summed E-state index contributed by atoms with van der Waals surface area (Å²) in [6.07, 6.45) is -2.84. The van der Waals surface area contributed by atoms with E-state index >= 15 is 0 Å². The predicted molar refractivity (Wildman–Crippen MR) is 99.5 cm³/mol. The Labute approximate surface area is 157 Å². The zero-order chi connectivity index (χ0) is 18.7. The molecular weight excluding hydrogens is 387 g/mol. The van der Waals surface area contributed by atoms with E-state index in [9.17, 15) is 13.2 Å². The second-order valence-electron chi connectivity index (χ2n) is 5.32. The molecule has 1 aromatic carbocycles. The number of nitrogens with one attached hydrogen (secondary N) is 2. The number of pyridine rings is 1. The van der Waals surface area contributed by atoms with Crippen LogP contribution < -0.4 is 10.6 Å². The minimum absolute atomic E-state index is 0.222. The standard InChI is InChI=1S/C16H13ClF3N5S/c17-12-5-2-6-21-13(12)24-14-22-7-8-25(14)15(26)23-11-4-1-3-10(9-11)16(18,19)20/h1-6,9H,7-8H2,(H,23,26)(H,21,22,24). The molecule has 0 atom stereocenters. The maximum Gasteiger partial charge on any atom is 0.416 e. The molecule has 2 heterocycles. The lowest BCUT2D eigenvalue weighted by atomic mass is 10.2. The predicted octanol–water partition coefficient (Wildman–Crippen LogP) is 4.23. The Morgan fingerprint density at radius 3 is 2.77 bits per heavy atom. The second kappa shape index (κ2) is 7.46. The molecule has 0 fully saturated rings. The first-order chi connectivity index (χ1) is 12.3. The Morgan fingerprint density at radius 1 is 1.23 bits per heavy atom. The number of thiocarbonyl (C=S) groups is 1. The second-order valence-corrected chi connectivity index (χ2v) is 6.12. The largest absolute Gasteiger partial charge is 0.416 e. The summed E-state index contributed by atoms with van der Waals surface area (Å²) in [6, 6.07) is 8.21. The summed E-state index contributed by atoms with van der Waals surface area (Å²) in [5.74, 6) is 0.844. The van der Waals surface area contributed by atoms with E-state index in [4.69, 9.17) is 23.8 Å². The van der Waals surface area contributed by atoms with E-state index in [1.165, 1.54) is 12.1 Å². The highest BCUT2D eigenvalue weighted by Crippen LogP contribution is 2.30. The normalized spacial score (nSPS) is 14.2. The average Bonchev–Trinajstić information content (AvgIpc) is 3.05. The van der Waals surface area contributed by atoms with Crippen LogP contribution in [0.25, 0.3) is 0 Å². The first kappa shape index (κ1) is 18.4. The third kappa shape index (κ3) is 4.23. The molecule has 0 saturated carbocycles. The molecule has 0 amide bonds. The molecule has 0 saturated heterocycles. The van der Waals surface area contributed by atoms with Gasteiger partial charge < -0.3 is 10.6 Å². The van der Waals surface area contributed by atoms with Crippen LogP contribution in [0.2, 0.25) is 5.02 Å². The van der Waals surface area contributed by atoms with Gasteiger partial charge in [0.05, 0.1) is 17.1 Å². The Bertz CT molecular complexity index is 856. The van der Waals surface area contributed by atoms with E-state index in [1.54, 1.807) is 23.2 Å². The molecule has 1 aliphatic heterocycles. The number of nitrogens with zero attached hydrogens (tertiary/aromatic N) is 3. The molecule has 0 bridgehead atoms. The van der Waals surface area contributed by atoms with E-state index in [2.05, 4.69) is 20.6 Å². The fraction of sp³-hybridized carbons (Fsp3) is 0.188. The Hall–Kier alpha value is -2.39. The van der Waals surface area contributed by atoms with E-state index in [0.29, 0.717) is 29.9 Å². The van der Waals surface area contributed by atoms with Crippen LogP contribution in [-0.4, -0.2) is 34.0 Å². The molecule has 1 aromatic heterocycles. The van der Waals surface area contributed by atoms with Crippen molar-refractivity contribution < 1.29 is 13.2 Å². The van der Waals surface area contributed by atoms with Gasteiger partial charge >= 0.3 is 6.18 Å². The first-order valence-electron chi connectivity index (χ1n) is 7.52. The highest BCUT2D eigenvalue weighted by Gasteiger charge is 2.30. The van der Waals surface area contributed by atoms with Gasteiger partial charge in [-0.15, -0.1) is 0 Å². The van der Waals surface area contributed by atoms with Crippen LogP contribution in [0.5, 0.6) is 0 Å². The van der Waals surface area contributed by atoms with E-state index in [1.807, 2.05) is 0 Å². The molecule has 0 radical (unpaired) electrons. The number of rotatable bonds is 2. The van der Waals surface area contributed by atoms with Crippen molar-refractivity contribution in [1.82, 2.24) is 9.88 Å². The van der Waals surface area contributed by atoms with Crippen molar-refractivity contribution in [3.63, 3.8) is 0 Å². The summed E-state index contributed by atoms with van der Waals surface area (Å²) in [6.45, 7) is 0.967. The number of aromatic nitrogens is 1. The summed E-state index contributed by atoms with van der Waals surface area (Å²) in [4.78, 5) is 10.1. The fourth-order valence-electron chi connectivity index (χ4n) is 2.30. The topological polar surface area (TPSA) is 52.5 Å². The lowest BCUT2D eigenvalue weighted by molar-refractivity contribution is -0.137. The van der Waals surface area contributed by atoms with Gasteiger partial charge in [0, 0.05) is 18.4 Å². The smallest absolute Gasteiger partial charge is 0.332 e. The number of alkyl halides is 3. The van der Waals surface area contributed by atoms with Crippen molar-refractivity contribution in [3.05, 3.63) is 53.2 Å². The van der Waals surface area contributed by atoms with Gasteiger partial charge in [-0.3, -0.25) is 9.89 Å². The lowest BCUT2D eigenvalue weighted by Crippen LogP contribution is -2.41. The molecule has 2 aromatic rings. The maximum atomic E-state index is 12.8. The molecule has 3 rings (SSSR count). The highest BCUT2D eigenvalue weighted by molar-refractivity contribution is 7.80. The van der Waals surface area contributed by atoms with Crippen molar-refractivity contribution in [1.29, 1.82) is 0 Å². The molecule has 2 N–H and O–H groups in total. The van der Waals surface area contributed by atoms with Crippen molar-refractivity contribution in [2.75, 3.05) is 23.7 Å². The molecule has 26 heavy (non-hydrogen) atoms. The van der Waals surface area contributed by atoms with Gasteiger partial charge in [0.15, 0.2) is 10.9 Å². The monoisotopic (exact) mass is 399 g/mol. The SMILES string of the molecule is FC(F)(F)c1cccc(NC(=S)N2CCN=C2Nc2ncccc2Cl)c1. The number of benzene rings is 1. The van der Waals surface area contributed by atoms with Crippen LogP contribution in [0, 0.1) is 0 Å². The zero-order valence-corrected chi connectivity index (χ0v) is 14.8. The molecule has 136 valence electrons.